The van der Waals surface area contributed by atoms with Crippen LogP contribution in [-0.4, -0.2) is 16.7 Å². The molecule has 0 aliphatic carbocycles. The Morgan fingerprint density at radius 1 is 1.24 bits per heavy atom. The first-order chi connectivity index (χ1) is 11.7. The molecule has 0 bridgehead atoms. The van der Waals surface area contributed by atoms with Crippen LogP contribution in [0.15, 0.2) is 46.4 Å². The number of hydrogen-bond donors (Lipinski definition) is 1. The van der Waals surface area contributed by atoms with Gasteiger partial charge in [-0.05, 0) is 18.2 Å². The highest BCUT2D eigenvalue weighted by Crippen LogP contribution is 2.27. The largest absolute Gasteiger partial charge is 0.417 e. The second-order valence-corrected chi connectivity index (χ2v) is 5.68. The number of hydrazone groups is 1. The third-order valence-electron chi connectivity index (χ3n) is 2.98. The van der Waals surface area contributed by atoms with E-state index in [0.717, 1.165) is 6.07 Å². The number of rotatable bonds is 4. The SMILES string of the molecule is O=C(Cn1cc(C(F)(F)F)ccc1=O)N/N=C/c1ccc(Cl)cc1Cl. The van der Waals surface area contributed by atoms with Crippen LogP contribution in [-0.2, 0) is 17.5 Å². The number of carbonyl (C=O) groups is 1. The minimum atomic E-state index is -4.62. The molecule has 1 heterocycles. The predicted octanol–water partition coefficient (Wildman–Crippen LogP) is 3.32. The molecule has 0 aliphatic heterocycles. The summed E-state index contributed by atoms with van der Waals surface area (Å²) in [5.41, 5.74) is 0.806. The maximum atomic E-state index is 12.6. The summed E-state index contributed by atoms with van der Waals surface area (Å²) in [6.07, 6.45) is -2.80. The standard InChI is InChI=1S/C15H10Cl2F3N3O2/c16-11-3-1-9(12(17)5-11)6-21-22-13(24)8-23-7-10(15(18,19)20)2-4-14(23)25/h1-7H,8H2,(H,22,24)/b21-6+. The van der Waals surface area contributed by atoms with Crippen molar-refractivity contribution >= 4 is 35.3 Å². The fourth-order valence-electron chi connectivity index (χ4n) is 1.79. The monoisotopic (exact) mass is 391 g/mol. The van der Waals surface area contributed by atoms with E-state index in [1.165, 1.54) is 12.3 Å². The highest BCUT2D eigenvalue weighted by Gasteiger charge is 2.31. The number of nitrogens with zero attached hydrogens (tertiary/aromatic N) is 2. The summed E-state index contributed by atoms with van der Waals surface area (Å²) in [4.78, 5) is 23.3. The Morgan fingerprint density at radius 2 is 1.96 bits per heavy atom. The zero-order chi connectivity index (χ0) is 18.6. The second kappa shape index (κ2) is 7.71. The molecule has 2 aromatic rings. The van der Waals surface area contributed by atoms with Gasteiger partial charge < -0.3 is 4.57 Å². The van der Waals surface area contributed by atoms with Crippen molar-refractivity contribution in [1.29, 1.82) is 0 Å². The fourth-order valence-corrected chi connectivity index (χ4v) is 2.25. The average molecular weight is 392 g/mol. The summed E-state index contributed by atoms with van der Waals surface area (Å²) in [6, 6.07) is 6.01. The molecule has 25 heavy (non-hydrogen) atoms. The maximum Gasteiger partial charge on any atom is 0.417 e. The van der Waals surface area contributed by atoms with Crippen molar-refractivity contribution < 1.29 is 18.0 Å². The first kappa shape index (κ1) is 19.0. The van der Waals surface area contributed by atoms with E-state index in [9.17, 15) is 22.8 Å². The van der Waals surface area contributed by atoms with Crippen LogP contribution in [0.1, 0.15) is 11.1 Å². The zero-order valence-corrected chi connectivity index (χ0v) is 13.9. The van der Waals surface area contributed by atoms with Crippen LogP contribution in [0.4, 0.5) is 13.2 Å². The first-order valence-electron chi connectivity index (χ1n) is 6.71. The van der Waals surface area contributed by atoms with Gasteiger partial charge in [0.2, 0.25) is 0 Å². The fraction of sp³-hybridized carbons (Fsp3) is 0.133. The highest BCUT2D eigenvalue weighted by molar-refractivity contribution is 6.36. The molecule has 0 saturated heterocycles. The number of pyridine rings is 1. The van der Waals surface area contributed by atoms with Gasteiger partial charge >= 0.3 is 6.18 Å². The van der Waals surface area contributed by atoms with E-state index in [0.29, 0.717) is 32.4 Å². The smallest absolute Gasteiger partial charge is 0.305 e. The summed E-state index contributed by atoms with van der Waals surface area (Å²) in [6.45, 7) is -0.617. The maximum absolute atomic E-state index is 12.6. The van der Waals surface area contributed by atoms with Gasteiger partial charge in [-0.3, -0.25) is 9.59 Å². The number of alkyl halides is 3. The molecule has 0 atom stereocenters. The second-order valence-electron chi connectivity index (χ2n) is 4.84. The molecule has 0 spiro atoms. The van der Waals surface area contributed by atoms with Gasteiger partial charge in [-0.1, -0.05) is 29.3 Å². The van der Waals surface area contributed by atoms with Gasteiger partial charge in [-0.15, -0.1) is 0 Å². The van der Waals surface area contributed by atoms with Crippen LogP contribution in [0.5, 0.6) is 0 Å². The molecule has 0 fully saturated rings. The van der Waals surface area contributed by atoms with Crippen LogP contribution >= 0.6 is 23.2 Å². The van der Waals surface area contributed by atoms with Gasteiger partial charge in [-0.25, -0.2) is 5.43 Å². The van der Waals surface area contributed by atoms with Crippen molar-refractivity contribution in [2.75, 3.05) is 0 Å². The number of hydrogen-bond acceptors (Lipinski definition) is 3. The van der Waals surface area contributed by atoms with Crippen molar-refractivity contribution in [1.82, 2.24) is 9.99 Å². The topological polar surface area (TPSA) is 63.5 Å². The normalized spacial score (nSPS) is 11.7. The van der Waals surface area contributed by atoms with E-state index in [1.807, 2.05) is 0 Å². The molecule has 2 rings (SSSR count). The molecule has 1 N–H and O–H groups in total. The van der Waals surface area contributed by atoms with E-state index in [-0.39, 0.29) is 0 Å². The van der Waals surface area contributed by atoms with Gasteiger partial charge in [0.15, 0.2) is 0 Å². The van der Waals surface area contributed by atoms with Crippen molar-refractivity contribution in [3.05, 3.63) is 68.1 Å². The van der Waals surface area contributed by atoms with E-state index in [4.69, 9.17) is 23.2 Å². The number of carbonyl (C=O) groups excluding carboxylic acids is 1. The van der Waals surface area contributed by atoms with Crippen LogP contribution in [0, 0.1) is 0 Å². The average Bonchev–Trinajstić information content (AvgIpc) is 2.50. The van der Waals surface area contributed by atoms with Gasteiger partial charge in [0.05, 0.1) is 16.8 Å². The van der Waals surface area contributed by atoms with E-state index in [2.05, 4.69) is 10.5 Å². The number of aromatic nitrogens is 1. The summed E-state index contributed by atoms with van der Waals surface area (Å²) >= 11 is 11.7. The van der Waals surface area contributed by atoms with Crippen molar-refractivity contribution in [2.45, 2.75) is 12.7 Å². The third-order valence-corrected chi connectivity index (χ3v) is 3.54. The Morgan fingerprint density at radius 3 is 2.60 bits per heavy atom. The van der Waals surface area contributed by atoms with Crippen molar-refractivity contribution in [2.24, 2.45) is 5.10 Å². The molecule has 132 valence electrons. The number of benzene rings is 1. The Kier molecular flexibility index (Phi) is 5.86. The first-order valence-corrected chi connectivity index (χ1v) is 7.47. The van der Waals surface area contributed by atoms with Crippen molar-refractivity contribution in [3.8, 4) is 0 Å². The van der Waals surface area contributed by atoms with Gasteiger partial charge in [-0.2, -0.15) is 18.3 Å². The number of nitrogens with one attached hydrogen (secondary N) is 1. The van der Waals surface area contributed by atoms with Gasteiger partial charge in [0.25, 0.3) is 11.5 Å². The predicted molar refractivity (Wildman–Crippen MR) is 87.9 cm³/mol. The highest BCUT2D eigenvalue weighted by atomic mass is 35.5. The molecular formula is C15H10Cl2F3N3O2. The van der Waals surface area contributed by atoms with Gasteiger partial charge in [0, 0.05) is 22.8 Å². The van der Waals surface area contributed by atoms with E-state index >= 15 is 0 Å². The summed E-state index contributed by atoms with van der Waals surface area (Å²) < 4.78 is 38.5. The molecule has 10 heteroatoms. The Hall–Kier alpha value is -2.32. The Bertz CT molecular complexity index is 879. The Balaban J connectivity index is 2.05. The molecule has 1 amide bonds. The lowest BCUT2D eigenvalue weighted by Crippen LogP contribution is -2.30. The molecule has 0 aliphatic rings. The molecule has 1 aromatic heterocycles. The number of halogens is 5. The van der Waals surface area contributed by atoms with Crippen LogP contribution in [0.2, 0.25) is 10.0 Å². The minimum Gasteiger partial charge on any atom is -0.305 e. The van der Waals surface area contributed by atoms with E-state index < -0.39 is 29.8 Å². The lowest BCUT2D eigenvalue weighted by atomic mass is 10.2. The lowest BCUT2D eigenvalue weighted by Gasteiger charge is -2.09. The lowest BCUT2D eigenvalue weighted by molar-refractivity contribution is -0.138. The van der Waals surface area contributed by atoms with Crippen LogP contribution < -0.4 is 11.0 Å². The van der Waals surface area contributed by atoms with Crippen LogP contribution in [0.3, 0.4) is 0 Å². The van der Waals surface area contributed by atoms with E-state index in [1.54, 1.807) is 12.1 Å². The number of amides is 1. The zero-order valence-electron chi connectivity index (χ0n) is 12.3. The Labute approximate surface area is 149 Å². The molecular weight excluding hydrogens is 382 g/mol. The molecule has 0 radical (unpaired) electrons. The summed E-state index contributed by atoms with van der Waals surface area (Å²) in [5, 5.41) is 4.37. The van der Waals surface area contributed by atoms with Crippen molar-refractivity contribution in [3.63, 3.8) is 0 Å². The quantitative estimate of drug-likeness (QED) is 0.641. The summed E-state index contributed by atoms with van der Waals surface area (Å²) in [7, 11) is 0. The summed E-state index contributed by atoms with van der Waals surface area (Å²) in [5.74, 6) is -0.775. The van der Waals surface area contributed by atoms with Gasteiger partial charge in [0.1, 0.15) is 6.54 Å². The minimum absolute atomic E-state index is 0.305. The molecule has 0 saturated carbocycles. The van der Waals surface area contributed by atoms with Crippen LogP contribution in [0.25, 0.3) is 0 Å². The molecule has 5 nitrogen and oxygen atoms in total. The third kappa shape index (κ3) is 5.33. The molecule has 1 aromatic carbocycles. The molecule has 0 unspecified atom stereocenters.